The molecule has 106 valence electrons. The molecule has 5 heteroatoms. The van der Waals surface area contributed by atoms with Crippen molar-refractivity contribution >= 4 is 11.7 Å². The fourth-order valence-corrected chi connectivity index (χ4v) is 1.45. The van der Waals surface area contributed by atoms with Crippen LogP contribution in [0.1, 0.15) is 30.1 Å². The molecule has 0 spiro atoms. The normalized spacial score (nSPS) is 11.9. The molecule has 0 bridgehead atoms. The fraction of sp³-hybridized carbons (Fsp3) is 0.500. The zero-order valence-corrected chi connectivity index (χ0v) is 11.1. The van der Waals surface area contributed by atoms with Crippen LogP contribution in [-0.4, -0.2) is 42.0 Å². The van der Waals surface area contributed by atoms with Gasteiger partial charge in [0.2, 0.25) is 0 Å². The number of rotatable bonds is 8. The monoisotopic (exact) mass is 267 g/mol. The molecule has 0 saturated carbocycles. The fourth-order valence-electron chi connectivity index (χ4n) is 1.45. The Balaban J connectivity index is 2.53. The lowest BCUT2D eigenvalue weighted by molar-refractivity contribution is 0.0500. The maximum Gasteiger partial charge on any atom is 0.338 e. The quantitative estimate of drug-likeness (QED) is 0.490. The lowest BCUT2D eigenvalue weighted by Crippen LogP contribution is -2.23. The van der Waals surface area contributed by atoms with Gasteiger partial charge in [-0.25, -0.2) is 4.79 Å². The average Bonchev–Trinajstić information content (AvgIpc) is 2.45. The van der Waals surface area contributed by atoms with E-state index in [4.69, 9.17) is 9.84 Å². The average molecular weight is 267 g/mol. The summed E-state index contributed by atoms with van der Waals surface area (Å²) in [5.41, 5.74) is 1.18. The van der Waals surface area contributed by atoms with Gasteiger partial charge in [-0.05, 0) is 24.6 Å². The van der Waals surface area contributed by atoms with Gasteiger partial charge in [0.1, 0.15) is 0 Å². The highest BCUT2D eigenvalue weighted by Gasteiger charge is 2.08. The van der Waals surface area contributed by atoms with Crippen LogP contribution in [0.2, 0.25) is 0 Å². The molecule has 0 aliphatic heterocycles. The minimum absolute atomic E-state index is 0.227. The molecule has 0 radical (unpaired) electrons. The van der Waals surface area contributed by atoms with E-state index in [0.717, 1.165) is 12.8 Å². The number of aliphatic hydroxyl groups excluding tert-OH is 2. The highest BCUT2D eigenvalue weighted by atomic mass is 16.5. The first-order chi connectivity index (χ1) is 9.17. The van der Waals surface area contributed by atoms with Gasteiger partial charge in [-0.15, -0.1) is 0 Å². The first-order valence-corrected chi connectivity index (χ1v) is 6.47. The highest BCUT2D eigenvalue weighted by molar-refractivity contribution is 5.90. The van der Waals surface area contributed by atoms with Crippen molar-refractivity contribution in [2.45, 2.75) is 25.9 Å². The van der Waals surface area contributed by atoms with Gasteiger partial charge in [0.15, 0.2) is 0 Å². The predicted molar refractivity (Wildman–Crippen MR) is 73.2 cm³/mol. The number of carbonyl (C=O) groups is 1. The zero-order chi connectivity index (χ0) is 14.1. The van der Waals surface area contributed by atoms with E-state index < -0.39 is 6.10 Å². The van der Waals surface area contributed by atoms with Gasteiger partial charge in [0.05, 0.1) is 24.9 Å². The molecular formula is C14H21NO4. The summed E-state index contributed by atoms with van der Waals surface area (Å²) in [6, 6.07) is 6.87. The van der Waals surface area contributed by atoms with E-state index in [1.165, 1.54) is 0 Å². The molecule has 0 aromatic heterocycles. The molecule has 3 N–H and O–H groups in total. The summed E-state index contributed by atoms with van der Waals surface area (Å²) in [5, 5.41) is 20.9. The molecule has 0 aliphatic carbocycles. The second kappa shape index (κ2) is 8.50. The van der Waals surface area contributed by atoms with Gasteiger partial charge < -0.3 is 20.3 Å². The van der Waals surface area contributed by atoms with Gasteiger partial charge in [-0.2, -0.15) is 0 Å². The molecule has 1 aromatic carbocycles. The van der Waals surface area contributed by atoms with Crippen LogP contribution in [0.5, 0.6) is 0 Å². The molecule has 0 saturated heterocycles. The third-order valence-corrected chi connectivity index (χ3v) is 2.58. The van der Waals surface area contributed by atoms with Crippen LogP contribution in [0.15, 0.2) is 24.3 Å². The first-order valence-electron chi connectivity index (χ1n) is 6.47. The molecular weight excluding hydrogens is 246 g/mol. The Morgan fingerprint density at radius 1 is 1.47 bits per heavy atom. The number of unbranched alkanes of at least 4 members (excludes halogenated alkanes) is 1. The van der Waals surface area contributed by atoms with E-state index in [0.29, 0.717) is 17.9 Å². The van der Waals surface area contributed by atoms with Crippen LogP contribution in [0.3, 0.4) is 0 Å². The SMILES string of the molecule is CCCCOC(=O)c1cccc(NCC(O)CO)c1. The minimum atomic E-state index is -0.819. The van der Waals surface area contributed by atoms with Gasteiger partial charge in [0.25, 0.3) is 0 Å². The number of carbonyl (C=O) groups excluding carboxylic acids is 1. The number of aliphatic hydroxyl groups is 2. The van der Waals surface area contributed by atoms with Crippen molar-refractivity contribution in [3.8, 4) is 0 Å². The molecule has 0 amide bonds. The van der Waals surface area contributed by atoms with E-state index in [2.05, 4.69) is 5.32 Å². The highest BCUT2D eigenvalue weighted by Crippen LogP contribution is 2.12. The summed E-state index contributed by atoms with van der Waals surface area (Å²) in [6.45, 7) is 2.39. The maximum absolute atomic E-state index is 11.7. The Labute approximate surface area is 113 Å². The number of benzene rings is 1. The van der Waals surface area contributed by atoms with Crippen molar-refractivity contribution in [1.82, 2.24) is 0 Å². The Kier molecular flexibility index (Phi) is 6.92. The number of anilines is 1. The third kappa shape index (κ3) is 5.72. The van der Waals surface area contributed by atoms with E-state index in [-0.39, 0.29) is 19.1 Å². The van der Waals surface area contributed by atoms with Gasteiger partial charge >= 0.3 is 5.97 Å². The molecule has 1 rings (SSSR count). The topological polar surface area (TPSA) is 78.8 Å². The van der Waals surface area contributed by atoms with Gasteiger partial charge in [-0.1, -0.05) is 19.4 Å². The molecule has 1 unspecified atom stereocenters. The molecule has 0 heterocycles. The van der Waals surface area contributed by atoms with Crippen molar-refractivity contribution in [1.29, 1.82) is 0 Å². The van der Waals surface area contributed by atoms with Crippen molar-refractivity contribution in [3.05, 3.63) is 29.8 Å². The van der Waals surface area contributed by atoms with Crippen LogP contribution >= 0.6 is 0 Å². The van der Waals surface area contributed by atoms with E-state index in [1.54, 1.807) is 24.3 Å². The Morgan fingerprint density at radius 2 is 2.26 bits per heavy atom. The van der Waals surface area contributed by atoms with E-state index >= 15 is 0 Å². The minimum Gasteiger partial charge on any atom is -0.462 e. The summed E-state index contributed by atoms with van der Waals surface area (Å²) in [7, 11) is 0. The van der Waals surface area contributed by atoms with Gasteiger partial charge in [-0.3, -0.25) is 0 Å². The van der Waals surface area contributed by atoms with Crippen LogP contribution in [0, 0.1) is 0 Å². The predicted octanol–water partition coefficient (Wildman–Crippen LogP) is 1.41. The van der Waals surface area contributed by atoms with E-state index in [9.17, 15) is 9.90 Å². The Hall–Kier alpha value is -1.59. The number of nitrogens with one attached hydrogen (secondary N) is 1. The Morgan fingerprint density at radius 3 is 2.95 bits per heavy atom. The molecule has 1 aromatic rings. The Bertz CT molecular complexity index is 395. The molecule has 1 atom stereocenters. The summed E-state index contributed by atoms with van der Waals surface area (Å²) in [5.74, 6) is -0.347. The largest absolute Gasteiger partial charge is 0.462 e. The maximum atomic E-state index is 11.7. The number of hydrogen-bond acceptors (Lipinski definition) is 5. The number of ether oxygens (including phenoxy) is 1. The molecule has 0 fully saturated rings. The second-order valence-corrected chi connectivity index (χ2v) is 4.29. The van der Waals surface area contributed by atoms with Crippen molar-refractivity contribution in [3.63, 3.8) is 0 Å². The summed E-state index contributed by atoms with van der Waals surface area (Å²) in [4.78, 5) is 11.7. The first kappa shape index (κ1) is 15.5. The van der Waals surface area contributed by atoms with Crippen molar-refractivity contribution in [2.75, 3.05) is 25.1 Å². The molecule has 19 heavy (non-hydrogen) atoms. The molecule has 5 nitrogen and oxygen atoms in total. The summed E-state index contributed by atoms with van der Waals surface area (Å²) in [6.07, 6.45) is 1.01. The smallest absolute Gasteiger partial charge is 0.338 e. The number of hydrogen-bond donors (Lipinski definition) is 3. The van der Waals surface area contributed by atoms with Crippen molar-refractivity contribution in [2.24, 2.45) is 0 Å². The summed E-state index contributed by atoms with van der Waals surface area (Å²) < 4.78 is 5.11. The molecule has 0 aliphatic rings. The van der Waals surface area contributed by atoms with Crippen molar-refractivity contribution < 1.29 is 19.7 Å². The lowest BCUT2D eigenvalue weighted by Gasteiger charge is -2.11. The number of esters is 1. The zero-order valence-electron chi connectivity index (χ0n) is 11.1. The summed E-state index contributed by atoms with van der Waals surface area (Å²) >= 11 is 0. The standard InChI is InChI=1S/C14H21NO4/c1-2-3-7-19-14(18)11-5-4-6-12(8-11)15-9-13(17)10-16/h4-6,8,13,15-17H,2-3,7,9-10H2,1H3. The van der Waals surface area contributed by atoms with Crippen LogP contribution in [-0.2, 0) is 4.74 Å². The van der Waals surface area contributed by atoms with Gasteiger partial charge in [0, 0.05) is 12.2 Å². The van der Waals surface area contributed by atoms with Crippen LogP contribution in [0.4, 0.5) is 5.69 Å². The second-order valence-electron chi connectivity index (χ2n) is 4.29. The third-order valence-electron chi connectivity index (χ3n) is 2.58. The van der Waals surface area contributed by atoms with E-state index in [1.807, 2.05) is 6.92 Å². The van der Waals surface area contributed by atoms with Crippen LogP contribution < -0.4 is 5.32 Å². The van der Waals surface area contributed by atoms with Crippen LogP contribution in [0.25, 0.3) is 0 Å². The lowest BCUT2D eigenvalue weighted by atomic mass is 10.2.